The Balaban J connectivity index is 2.51. The maximum Gasteiger partial charge on any atom is 0.251 e. The topological polar surface area (TPSA) is 71.1 Å². The van der Waals surface area contributed by atoms with Crippen molar-refractivity contribution in [3.63, 3.8) is 0 Å². The number of hydrogen-bond donors (Lipinski definition) is 2. The van der Waals surface area contributed by atoms with E-state index < -0.39 is 0 Å². The van der Waals surface area contributed by atoms with Crippen LogP contribution in [-0.4, -0.2) is 28.9 Å². The van der Waals surface area contributed by atoms with Gasteiger partial charge in [0.25, 0.3) is 5.91 Å². The van der Waals surface area contributed by atoms with Crippen molar-refractivity contribution in [3.05, 3.63) is 28.5 Å². The average molecular weight is 312 g/mol. The highest BCUT2D eigenvalue weighted by atomic mass is 35.5. The molecule has 0 fully saturated rings. The van der Waals surface area contributed by atoms with Crippen LogP contribution < -0.4 is 10.6 Å². The number of halogens is 1. The number of rotatable bonds is 5. The molecule has 2 amide bonds. The van der Waals surface area contributed by atoms with Crippen molar-refractivity contribution in [2.24, 2.45) is 0 Å². The van der Waals surface area contributed by atoms with E-state index in [0.717, 1.165) is 5.69 Å². The minimum absolute atomic E-state index is 0.0928. The molecule has 0 aliphatic carbocycles. The summed E-state index contributed by atoms with van der Waals surface area (Å²) in [6, 6.07) is 3.22. The van der Waals surface area contributed by atoms with Crippen LogP contribution in [0.3, 0.4) is 0 Å². The van der Waals surface area contributed by atoms with Crippen LogP contribution in [0.4, 0.5) is 0 Å². The first-order valence-corrected chi connectivity index (χ1v) is 7.34. The van der Waals surface area contributed by atoms with Gasteiger partial charge in [0, 0.05) is 29.8 Å². The number of nitrogens with one attached hydrogen (secondary N) is 2. The van der Waals surface area contributed by atoms with Gasteiger partial charge in [0.15, 0.2) is 0 Å². The van der Waals surface area contributed by atoms with Gasteiger partial charge in [0.2, 0.25) is 5.91 Å². The van der Waals surface area contributed by atoms with E-state index in [4.69, 9.17) is 11.6 Å². The van der Waals surface area contributed by atoms with E-state index in [9.17, 15) is 9.59 Å². The molecule has 0 aromatic carbocycles. The zero-order chi connectivity index (χ0) is 16.0. The van der Waals surface area contributed by atoms with Crippen molar-refractivity contribution in [2.75, 3.05) is 6.54 Å². The zero-order valence-corrected chi connectivity index (χ0v) is 13.7. The van der Waals surface area contributed by atoms with Gasteiger partial charge in [-0.3, -0.25) is 9.59 Å². The van der Waals surface area contributed by atoms with E-state index in [1.807, 2.05) is 27.7 Å². The minimum atomic E-state index is -0.268. The number of nitrogens with zero attached hydrogens (tertiary/aromatic N) is 1. The van der Waals surface area contributed by atoms with Crippen molar-refractivity contribution < 1.29 is 9.59 Å². The summed E-state index contributed by atoms with van der Waals surface area (Å²) in [7, 11) is 0. The van der Waals surface area contributed by atoms with Crippen LogP contribution in [0.2, 0.25) is 5.15 Å². The Morgan fingerprint density at radius 1 is 1.29 bits per heavy atom. The molecule has 0 atom stereocenters. The van der Waals surface area contributed by atoms with Gasteiger partial charge in [0.1, 0.15) is 5.15 Å². The summed E-state index contributed by atoms with van der Waals surface area (Å²) in [6.45, 7) is 7.96. The minimum Gasteiger partial charge on any atom is -0.352 e. The summed E-state index contributed by atoms with van der Waals surface area (Å²) in [5.74, 6) is -0.345. The average Bonchev–Trinajstić information content (AvgIpc) is 2.35. The summed E-state index contributed by atoms with van der Waals surface area (Å²) < 4.78 is 0. The van der Waals surface area contributed by atoms with Crippen LogP contribution in [0.25, 0.3) is 0 Å². The fourth-order valence-corrected chi connectivity index (χ4v) is 1.96. The Morgan fingerprint density at radius 2 is 1.95 bits per heavy atom. The fourth-order valence-electron chi connectivity index (χ4n) is 1.74. The van der Waals surface area contributed by atoms with Gasteiger partial charge in [-0.15, -0.1) is 0 Å². The number of pyridine rings is 1. The lowest BCUT2D eigenvalue weighted by atomic mass is 10.1. The maximum atomic E-state index is 12.0. The number of aryl methyl sites for hydroxylation is 1. The first kappa shape index (κ1) is 17.4. The molecule has 1 aromatic rings. The Kier molecular flexibility index (Phi) is 6.15. The highest BCUT2D eigenvalue weighted by Gasteiger charge is 2.14. The number of hydrogen-bond acceptors (Lipinski definition) is 3. The monoisotopic (exact) mass is 311 g/mol. The van der Waals surface area contributed by atoms with Crippen LogP contribution in [0, 0.1) is 0 Å². The molecule has 0 bridgehead atoms. The van der Waals surface area contributed by atoms with Crippen molar-refractivity contribution in [2.45, 2.75) is 46.1 Å². The summed E-state index contributed by atoms with van der Waals surface area (Å²) in [6.07, 6.45) is 0.942. The smallest absolute Gasteiger partial charge is 0.251 e. The lowest BCUT2D eigenvalue weighted by Gasteiger charge is -2.20. The zero-order valence-electron chi connectivity index (χ0n) is 12.9. The quantitative estimate of drug-likeness (QED) is 0.820. The molecule has 0 radical (unpaired) electrons. The molecule has 1 rings (SSSR count). The van der Waals surface area contributed by atoms with Crippen LogP contribution in [0.1, 0.15) is 50.2 Å². The van der Waals surface area contributed by atoms with E-state index >= 15 is 0 Å². The van der Waals surface area contributed by atoms with Crippen LogP contribution in [-0.2, 0) is 11.2 Å². The van der Waals surface area contributed by atoms with Gasteiger partial charge < -0.3 is 10.6 Å². The predicted octanol–water partition coefficient (Wildman–Crippen LogP) is 2.33. The predicted molar refractivity (Wildman–Crippen MR) is 83.5 cm³/mol. The highest BCUT2D eigenvalue weighted by Crippen LogP contribution is 2.11. The fraction of sp³-hybridized carbons (Fsp3) is 0.533. The number of carbonyl (C=O) groups is 2. The summed E-state index contributed by atoms with van der Waals surface area (Å²) in [4.78, 5) is 27.7. The van der Waals surface area contributed by atoms with E-state index in [-0.39, 0.29) is 30.3 Å². The lowest BCUT2D eigenvalue weighted by molar-refractivity contribution is -0.122. The van der Waals surface area contributed by atoms with E-state index in [2.05, 4.69) is 15.6 Å². The second kappa shape index (κ2) is 7.41. The van der Waals surface area contributed by atoms with E-state index in [1.165, 1.54) is 6.07 Å². The molecule has 0 saturated carbocycles. The molecule has 1 aromatic heterocycles. The summed E-state index contributed by atoms with van der Waals surface area (Å²) >= 11 is 5.87. The van der Waals surface area contributed by atoms with Crippen molar-refractivity contribution >= 4 is 23.4 Å². The second-order valence-corrected chi connectivity index (χ2v) is 6.21. The van der Waals surface area contributed by atoms with E-state index in [0.29, 0.717) is 17.1 Å². The normalized spacial score (nSPS) is 11.1. The van der Waals surface area contributed by atoms with E-state index in [1.54, 1.807) is 6.07 Å². The first-order chi connectivity index (χ1) is 9.71. The molecular weight excluding hydrogens is 290 g/mol. The largest absolute Gasteiger partial charge is 0.352 e. The third-order valence-corrected chi connectivity index (χ3v) is 2.82. The van der Waals surface area contributed by atoms with Crippen molar-refractivity contribution in [1.82, 2.24) is 15.6 Å². The molecule has 0 spiro atoms. The Labute approximate surface area is 130 Å². The van der Waals surface area contributed by atoms with Crippen molar-refractivity contribution in [1.29, 1.82) is 0 Å². The Hall–Kier alpha value is -1.62. The number of aromatic nitrogens is 1. The first-order valence-electron chi connectivity index (χ1n) is 6.97. The molecule has 2 N–H and O–H groups in total. The van der Waals surface area contributed by atoms with Gasteiger partial charge in [-0.05, 0) is 39.3 Å². The molecule has 116 valence electrons. The number of carbonyl (C=O) groups excluding carboxylic acids is 2. The van der Waals surface area contributed by atoms with Crippen molar-refractivity contribution in [3.8, 4) is 0 Å². The van der Waals surface area contributed by atoms with Crippen LogP contribution >= 0.6 is 11.6 Å². The molecule has 6 heteroatoms. The van der Waals surface area contributed by atoms with Gasteiger partial charge in [-0.2, -0.15) is 0 Å². The summed E-state index contributed by atoms with van der Waals surface area (Å²) in [5, 5.41) is 5.84. The maximum absolute atomic E-state index is 12.0. The lowest BCUT2D eigenvalue weighted by Crippen LogP contribution is -2.42. The molecule has 1 heterocycles. The molecule has 0 unspecified atom stereocenters. The van der Waals surface area contributed by atoms with Crippen LogP contribution in [0.15, 0.2) is 12.1 Å². The second-order valence-electron chi connectivity index (χ2n) is 5.83. The molecule has 0 aliphatic heterocycles. The molecule has 0 aliphatic rings. The molecule has 21 heavy (non-hydrogen) atoms. The van der Waals surface area contributed by atoms with Gasteiger partial charge in [0.05, 0.1) is 0 Å². The molecule has 0 saturated heterocycles. The highest BCUT2D eigenvalue weighted by molar-refractivity contribution is 6.29. The molecule has 5 nitrogen and oxygen atoms in total. The van der Waals surface area contributed by atoms with Crippen LogP contribution in [0.5, 0.6) is 0 Å². The van der Waals surface area contributed by atoms with Gasteiger partial charge in [-0.25, -0.2) is 4.98 Å². The standard InChI is InChI=1S/C15H22ClN3O2/c1-5-11-8-10(9-12(16)18-11)14(21)17-7-6-13(20)19-15(2,3)4/h8-9H,5-7H2,1-4H3,(H,17,21)(H,19,20). The molecular formula is C15H22ClN3O2. The SMILES string of the molecule is CCc1cc(C(=O)NCCC(=O)NC(C)(C)C)cc(Cl)n1. The van der Waals surface area contributed by atoms with Gasteiger partial charge in [-0.1, -0.05) is 18.5 Å². The number of amides is 2. The Morgan fingerprint density at radius 3 is 2.52 bits per heavy atom. The third-order valence-electron chi connectivity index (χ3n) is 2.62. The van der Waals surface area contributed by atoms with Gasteiger partial charge >= 0.3 is 0 Å². The third kappa shape index (κ3) is 6.58. The Bertz CT molecular complexity index is 524. The summed E-state index contributed by atoms with van der Waals surface area (Å²) in [5.41, 5.74) is 0.955.